The third-order valence-corrected chi connectivity index (χ3v) is 7.70. The maximum Gasteiger partial charge on any atom is 0.425 e. The van der Waals surface area contributed by atoms with Crippen molar-refractivity contribution in [2.45, 2.75) is 71.2 Å². The molecule has 5 nitrogen and oxygen atoms in total. The molecule has 1 aromatic rings. The molecule has 184 valence electrons. The first-order valence-electron chi connectivity index (χ1n) is 12.2. The van der Waals surface area contributed by atoms with Gasteiger partial charge in [-0.25, -0.2) is 4.79 Å². The number of benzene rings is 1. The molecule has 1 amide bonds. The zero-order chi connectivity index (χ0) is 23.6. The Morgan fingerprint density at radius 1 is 1.06 bits per heavy atom. The normalized spacial score (nSPS) is 22.6. The van der Waals surface area contributed by atoms with Crippen molar-refractivity contribution >= 4 is 11.8 Å². The maximum atomic E-state index is 12.7. The average Bonchev–Trinajstić information content (AvgIpc) is 3.16. The summed E-state index contributed by atoms with van der Waals surface area (Å²) in [7, 11) is 0. The van der Waals surface area contributed by atoms with Gasteiger partial charge in [0.15, 0.2) is 6.10 Å². The van der Waals surface area contributed by atoms with Gasteiger partial charge in [-0.2, -0.15) is 13.2 Å². The Bertz CT molecular complexity index is 831. The molecule has 0 aromatic heterocycles. The van der Waals surface area contributed by atoms with Crippen LogP contribution < -0.4 is 4.90 Å². The number of carbonyl (C=O) groups is 1. The van der Waals surface area contributed by atoms with Crippen LogP contribution in [0.1, 0.15) is 56.6 Å². The van der Waals surface area contributed by atoms with E-state index >= 15 is 0 Å². The Labute approximate surface area is 194 Å². The Hall–Kier alpha value is -1.96. The van der Waals surface area contributed by atoms with Gasteiger partial charge in [0, 0.05) is 45.0 Å². The number of nitrogens with zero attached hydrogens (tertiary/aromatic N) is 3. The second kappa shape index (κ2) is 9.72. The van der Waals surface area contributed by atoms with Crippen molar-refractivity contribution < 1.29 is 22.7 Å². The molecule has 1 aromatic carbocycles. The van der Waals surface area contributed by atoms with Gasteiger partial charge in [-0.05, 0) is 81.5 Å². The summed E-state index contributed by atoms with van der Waals surface area (Å²) in [4.78, 5) is 18.5. The summed E-state index contributed by atoms with van der Waals surface area (Å²) in [6.45, 7) is 9.19. The molecule has 1 atom stereocenters. The van der Waals surface area contributed by atoms with Crippen LogP contribution in [0.15, 0.2) is 18.2 Å². The molecule has 1 unspecified atom stereocenters. The number of hydrogen-bond donors (Lipinski definition) is 0. The number of alkyl halides is 3. The number of aryl methyl sites for hydroxylation is 1. The predicted octanol–water partition coefficient (Wildman–Crippen LogP) is 5.36. The molecule has 0 bridgehead atoms. The van der Waals surface area contributed by atoms with Crippen LogP contribution in [0.25, 0.3) is 0 Å². The highest BCUT2D eigenvalue weighted by Gasteiger charge is 2.43. The van der Waals surface area contributed by atoms with Crippen molar-refractivity contribution in [2.75, 3.05) is 44.2 Å². The fraction of sp³-hybridized carbons (Fsp3) is 0.720. The van der Waals surface area contributed by atoms with Crippen LogP contribution in [0, 0.1) is 12.3 Å². The Morgan fingerprint density at radius 3 is 2.36 bits per heavy atom. The number of halogens is 3. The fourth-order valence-electron chi connectivity index (χ4n) is 5.59. The second-order valence-corrected chi connectivity index (χ2v) is 10.2. The lowest BCUT2D eigenvalue weighted by molar-refractivity contribution is -0.200. The monoisotopic (exact) mass is 467 g/mol. The van der Waals surface area contributed by atoms with Crippen molar-refractivity contribution in [3.05, 3.63) is 29.3 Å². The van der Waals surface area contributed by atoms with E-state index in [1.165, 1.54) is 41.0 Å². The summed E-state index contributed by atoms with van der Waals surface area (Å²) in [6, 6.07) is 6.84. The zero-order valence-electron chi connectivity index (χ0n) is 19.8. The van der Waals surface area contributed by atoms with Crippen LogP contribution >= 0.6 is 0 Å². The molecule has 4 rings (SSSR count). The highest BCUT2D eigenvalue weighted by molar-refractivity contribution is 5.68. The number of carbonyl (C=O) groups excluding carboxylic acids is 1. The molecule has 3 heterocycles. The fourth-order valence-corrected chi connectivity index (χ4v) is 5.59. The summed E-state index contributed by atoms with van der Waals surface area (Å²) in [5.74, 6) is 0. The van der Waals surface area contributed by atoms with E-state index in [0.29, 0.717) is 13.1 Å². The Morgan fingerprint density at radius 2 is 1.73 bits per heavy atom. The van der Waals surface area contributed by atoms with E-state index in [4.69, 9.17) is 0 Å². The largest absolute Gasteiger partial charge is 0.437 e. The van der Waals surface area contributed by atoms with Crippen LogP contribution in [0.3, 0.4) is 0 Å². The number of ether oxygens (including phenoxy) is 1. The first-order chi connectivity index (χ1) is 15.7. The summed E-state index contributed by atoms with van der Waals surface area (Å²) in [5, 5.41) is 0. The first kappa shape index (κ1) is 24.2. The lowest BCUT2D eigenvalue weighted by atomic mass is 9.78. The van der Waals surface area contributed by atoms with Crippen molar-refractivity contribution in [2.24, 2.45) is 5.41 Å². The molecule has 0 radical (unpaired) electrons. The highest BCUT2D eigenvalue weighted by atomic mass is 19.4. The summed E-state index contributed by atoms with van der Waals surface area (Å²) >= 11 is 0. The molecule has 3 aliphatic heterocycles. The van der Waals surface area contributed by atoms with Gasteiger partial charge >= 0.3 is 12.3 Å². The van der Waals surface area contributed by atoms with E-state index in [9.17, 15) is 18.0 Å². The minimum Gasteiger partial charge on any atom is -0.437 e. The number of anilines is 1. The summed E-state index contributed by atoms with van der Waals surface area (Å²) in [6.07, 6.45) is -0.890. The van der Waals surface area contributed by atoms with Gasteiger partial charge in [-0.3, -0.25) is 4.90 Å². The van der Waals surface area contributed by atoms with Gasteiger partial charge in [-0.15, -0.1) is 0 Å². The third kappa shape index (κ3) is 5.76. The minimum absolute atomic E-state index is 0.148. The Kier molecular flexibility index (Phi) is 7.12. The van der Waals surface area contributed by atoms with Crippen molar-refractivity contribution in [3.63, 3.8) is 0 Å². The van der Waals surface area contributed by atoms with Crippen LogP contribution in [0.2, 0.25) is 0 Å². The molecule has 0 saturated carbocycles. The zero-order valence-corrected chi connectivity index (χ0v) is 19.8. The molecular weight excluding hydrogens is 431 g/mol. The summed E-state index contributed by atoms with van der Waals surface area (Å²) < 4.78 is 42.7. The first-order valence-corrected chi connectivity index (χ1v) is 12.2. The van der Waals surface area contributed by atoms with Gasteiger partial charge in [0.2, 0.25) is 0 Å². The van der Waals surface area contributed by atoms with Crippen molar-refractivity contribution in [3.8, 4) is 0 Å². The number of rotatable bonds is 4. The molecule has 33 heavy (non-hydrogen) atoms. The molecule has 8 heteroatoms. The van der Waals surface area contributed by atoms with Crippen molar-refractivity contribution in [1.82, 2.24) is 9.80 Å². The minimum atomic E-state index is -4.52. The van der Waals surface area contributed by atoms with Crippen molar-refractivity contribution in [1.29, 1.82) is 0 Å². The molecule has 3 saturated heterocycles. The molecule has 1 spiro atoms. The number of amides is 1. The lowest BCUT2D eigenvalue weighted by Crippen LogP contribution is -2.46. The summed E-state index contributed by atoms with van der Waals surface area (Å²) in [5.41, 5.74) is 4.17. The van der Waals surface area contributed by atoms with Gasteiger partial charge in [-0.1, -0.05) is 12.1 Å². The third-order valence-electron chi connectivity index (χ3n) is 7.70. The van der Waals surface area contributed by atoms with Gasteiger partial charge in [0.05, 0.1) is 0 Å². The van der Waals surface area contributed by atoms with E-state index in [1.807, 2.05) is 0 Å². The molecule has 0 aliphatic carbocycles. The standard InChI is InChI=1S/C25H36F3N3O2/c1-19-16-21(6-7-22(19)30-11-4-3-5-12-30)17-29-13-8-24(18-29)9-14-31(15-10-24)23(32)33-20(2)25(26,27)28/h6-7,16,20H,3-5,8-15,17-18H2,1-2H3. The predicted molar refractivity (Wildman–Crippen MR) is 122 cm³/mol. The van der Waals surface area contributed by atoms with Gasteiger partial charge in [0.25, 0.3) is 0 Å². The van der Waals surface area contributed by atoms with Gasteiger partial charge in [0.1, 0.15) is 0 Å². The van der Waals surface area contributed by atoms with E-state index in [-0.39, 0.29) is 5.41 Å². The van der Waals surface area contributed by atoms with Crippen LogP contribution in [-0.2, 0) is 11.3 Å². The molecule has 3 fully saturated rings. The topological polar surface area (TPSA) is 36.0 Å². The Balaban J connectivity index is 1.27. The SMILES string of the molecule is Cc1cc(CN2CCC3(CCN(C(=O)OC(C)C(F)(F)F)CC3)C2)ccc1N1CCCCC1. The average molecular weight is 468 g/mol. The molecule has 3 aliphatic rings. The molecule has 0 N–H and O–H groups in total. The van der Waals surface area contributed by atoms with E-state index < -0.39 is 18.4 Å². The van der Waals surface area contributed by atoms with Crippen LogP contribution in [-0.4, -0.2) is 67.4 Å². The number of hydrogen-bond acceptors (Lipinski definition) is 4. The van der Waals surface area contributed by atoms with E-state index in [1.54, 1.807) is 0 Å². The van der Waals surface area contributed by atoms with Gasteiger partial charge < -0.3 is 14.5 Å². The quantitative estimate of drug-likeness (QED) is 0.597. The second-order valence-electron chi connectivity index (χ2n) is 10.2. The van der Waals surface area contributed by atoms with Crippen LogP contribution in [0.4, 0.5) is 23.7 Å². The van der Waals surface area contributed by atoms with E-state index in [0.717, 1.165) is 58.9 Å². The smallest absolute Gasteiger partial charge is 0.425 e. The molecular formula is C25H36F3N3O2. The lowest BCUT2D eigenvalue weighted by Gasteiger charge is -2.39. The number of likely N-dealkylation sites (tertiary alicyclic amines) is 2. The van der Waals surface area contributed by atoms with Crippen LogP contribution in [0.5, 0.6) is 0 Å². The van der Waals surface area contributed by atoms with E-state index in [2.05, 4.69) is 39.7 Å². The number of piperidine rings is 2. The highest BCUT2D eigenvalue weighted by Crippen LogP contribution is 2.41. The maximum absolute atomic E-state index is 12.7.